The molecule has 2 heterocycles. The highest BCUT2D eigenvalue weighted by Gasteiger charge is 2.18. The Kier molecular flexibility index (Phi) is 7.74. The number of phenols is 1. The van der Waals surface area contributed by atoms with Gasteiger partial charge in [0.25, 0.3) is 0 Å². The fourth-order valence-electron chi connectivity index (χ4n) is 5.01. The summed E-state index contributed by atoms with van der Waals surface area (Å²) in [5.41, 5.74) is 6.93. The number of benzene rings is 2. The van der Waals surface area contributed by atoms with Gasteiger partial charge in [0.2, 0.25) is 0 Å². The van der Waals surface area contributed by atoms with E-state index in [0.29, 0.717) is 5.75 Å². The van der Waals surface area contributed by atoms with Crippen molar-refractivity contribution in [2.45, 2.75) is 39.8 Å². The molecule has 0 radical (unpaired) electrons. The van der Waals surface area contributed by atoms with Gasteiger partial charge in [0, 0.05) is 62.4 Å². The Morgan fingerprint density at radius 3 is 2.21 bits per heavy atom. The molecule has 3 aromatic rings. The Labute approximate surface area is 199 Å². The van der Waals surface area contributed by atoms with Gasteiger partial charge >= 0.3 is 0 Å². The van der Waals surface area contributed by atoms with E-state index in [4.69, 9.17) is 0 Å². The van der Waals surface area contributed by atoms with Gasteiger partial charge in [-0.25, -0.2) is 0 Å². The Morgan fingerprint density at radius 2 is 1.52 bits per heavy atom. The van der Waals surface area contributed by atoms with Crippen molar-refractivity contribution in [1.29, 1.82) is 0 Å². The number of aryl methyl sites for hydroxylation is 2. The van der Waals surface area contributed by atoms with E-state index in [0.717, 1.165) is 58.8 Å². The summed E-state index contributed by atoms with van der Waals surface area (Å²) in [4.78, 5) is 7.42. The number of rotatable bonds is 9. The molecule has 0 spiro atoms. The molecule has 0 aliphatic carbocycles. The Morgan fingerprint density at radius 1 is 0.848 bits per heavy atom. The van der Waals surface area contributed by atoms with Crippen molar-refractivity contribution in [3.63, 3.8) is 0 Å². The van der Waals surface area contributed by atoms with E-state index >= 15 is 0 Å². The second-order valence-electron chi connectivity index (χ2n) is 9.90. The van der Waals surface area contributed by atoms with Gasteiger partial charge in [0.15, 0.2) is 0 Å². The molecule has 0 saturated carbocycles. The summed E-state index contributed by atoms with van der Waals surface area (Å²) >= 11 is 0. The quantitative estimate of drug-likeness (QED) is 0.530. The third kappa shape index (κ3) is 5.97. The fourth-order valence-corrected chi connectivity index (χ4v) is 5.01. The Bertz CT molecular complexity index is 1050. The number of fused-ring (bicyclic) bond motifs is 1. The van der Waals surface area contributed by atoms with Crippen LogP contribution in [0, 0.1) is 13.8 Å². The van der Waals surface area contributed by atoms with Crippen LogP contribution >= 0.6 is 0 Å². The maximum Gasteiger partial charge on any atom is 0.115 e. The summed E-state index contributed by atoms with van der Waals surface area (Å²) in [7, 11) is 4.29. The van der Waals surface area contributed by atoms with Crippen molar-refractivity contribution in [1.82, 2.24) is 19.3 Å². The molecule has 0 unspecified atom stereocenters. The normalized spacial score (nSPS) is 15.7. The largest absolute Gasteiger partial charge is 0.508 e. The van der Waals surface area contributed by atoms with Crippen LogP contribution in [0.2, 0.25) is 0 Å². The Hall–Kier alpha value is -2.34. The third-order valence-corrected chi connectivity index (χ3v) is 7.21. The van der Waals surface area contributed by atoms with Gasteiger partial charge in [0.05, 0.1) is 0 Å². The first-order valence-corrected chi connectivity index (χ1v) is 12.4. The molecular formula is C28H40N4O. The van der Waals surface area contributed by atoms with Gasteiger partial charge in [-0.2, -0.15) is 0 Å². The minimum absolute atomic E-state index is 0.344. The van der Waals surface area contributed by atoms with Crippen LogP contribution in [0.25, 0.3) is 10.9 Å². The molecule has 4 rings (SSSR count). The lowest BCUT2D eigenvalue weighted by molar-refractivity contribution is 0.128. The molecule has 1 aliphatic rings. The fraction of sp³-hybridized carbons (Fsp3) is 0.500. The summed E-state index contributed by atoms with van der Waals surface area (Å²) in [6.07, 6.45) is 2.22. The van der Waals surface area contributed by atoms with E-state index < -0.39 is 0 Å². The first-order valence-electron chi connectivity index (χ1n) is 12.4. The summed E-state index contributed by atoms with van der Waals surface area (Å²) in [6, 6.07) is 14.7. The van der Waals surface area contributed by atoms with Gasteiger partial charge in [-0.3, -0.25) is 4.90 Å². The summed E-state index contributed by atoms with van der Waals surface area (Å²) in [5, 5.41) is 10.9. The van der Waals surface area contributed by atoms with Gasteiger partial charge in [0.1, 0.15) is 5.75 Å². The summed E-state index contributed by atoms with van der Waals surface area (Å²) in [5.74, 6) is 0.344. The smallest absolute Gasteiger partial charge is 0.115 e. The molecule has 0 atom stereocenters. The van der Waals surface area contributed by atoms with E-state index in [2.05, 4.69) is 65.4 Å². The average molecular weight is 449 g/mol. The first-order chi connectivity index (χ1) is 15.9. The first kappa shape index (κ1) is 23.8. The lowest BCUT2D eigenvalue weighted by Crippen LogP contribution is -2.46. The second-order valence-corrected chi connectivity index (χ2v) is 9.90. The van der Waals surface area contributed by atoms with Gasteiger partial charge in [-0.05, 0) is 88.3 Å². The molecule has 0 amide bonds. The number of hydrogen-bond acceptors (Lipinski definition) is 4. The molecule has 33 heavy (non-hydrogen) atoms. The number of phenolic OH excluding ortho intramolecular Hbond substituents is 1. The second kappa shape index (κ2) is 10.7. The van der Waals surface area contributed by atoms with Crippen molar-refractivity contribution >= 4 is 10.9 Å². The zero-order valence-corrected chi connectivity index (χ0v) is 20.8. The van der Waals surface area contributed by atoms with Crippen LogP contribution in [0.5, 0.6) is 5.75 Å². The maximum absolute atomic E-state index is 9.45. The monoisotopic (exact) mass is 448 g/mol. The molecule has 5 heteroatoms. The van der Waals surface area contributed by atoms with Crippen molar-refractivity contribution in [2.75, 3.05) is 53.4 Å². The molecule has 1 saturated heterocycles. The lowest BCUT2D eigenvalue weighted by Gasteiger charge is -2.34. The molecule has 1 fully saturated rings. The van der Waals surface area contributed by atoms with Crippen molar-refractivity contribution in [3.05, 3.63) is 64.8 Å². The van der Waals surface area contributed by atoms with Crippen LogP contribution in [0.3, 0.4) is 0 Å². The highest BCUT2D eigenvalue weighted by Crippen LogP contribution is 2.27. The molecule has 1 aromatic heterocycles. The van der Waals surface area contributed by atoms with Crippen molar-refractivity contribution < 1.29 is 5.11 Å². The Balaban J connectivity index is 1.32. The van der Waals surface area contributed by atoms with Gasteiger partial charge < -0.3 is 19.5 Å². The van der Waals surface area contributed by atoms with Crippen molar-refractivity contribution in [3.8, 4) is 5.75 Å². The SMILES string of the molecule is Cc1c(C)n(CCCN(C)C)c2ccc(CN3CCN(CCc4ccc(O)cc4)CC3)cc12. The third-order valence-electron chi connectivity index (χ3n) is 7.21. The molecule has 5 nitrogen and oxygen atoms in total. The van der Waals surface area contributed by atoms with Gasteiger partial charge in [-0.1, -0.05) is 18.2 Å². The minimum atomic E-state index is 0.344. The van der Waals surface area contributed by atoms with Gasteiger partial charge in [-0.15, -0.1) is 0 Å². The van der Waals surface area contributed by atoms with E-state index in [1.165, 1.54) is 39.7 Å². The van der Waals surface area contributed by atoms with E-state index in [1.54, 1.807) is 12.1 Å². The zero-order chi connectivity index (χ0) is 23.4. The van der Waals surface area contributed by atoms with Crippen LogP contribution in [0.1, 0.15) is 28.8 Å². The topological polar surface area (TPSA) is 34.9 Å². The number of nitrogens with zero attached hydrogens (tertiary/aromatic N) is 4. The van der Waals surface area contributed by atoms with E-state index in [9.17, 15) is 5.11 Å². The number of piperazine rings is 1. The predicted octanol–water partition coefficient (Wildman–Crippen LogP) is 4.28. The molecule has 1 N–H and O–H groups in total. The van der Waals surface area contributed by atoms with Crippen LogP contribution in [-0.2, 0) is 19.5 Å². The minimum Gasteiger partial charge on any atom is -0.508 e. The summed E-state index contributed by atoms with van der Waals surface area (Å²) in [6.45, 7) is 13.4. The highest BCUT2D eigenvalue weighted by atomic mass is 16.3. The van der Waals surface area contributed by atoms with E-state index in [-0.39, 0.29) is 0 Å². The van der Waals surface area contributed by atoms with Crippen LogP contribution in [-0.4, -0.2) is 77.7 Å². The summed E-state index contributed by atoms with van der Waals surface area (Å²) < 4.78 is 2.50. The predicted molar refractivity (Wildman–Crippen MR) is 138 cm³/mol. The van der Waals surface area contributed by atoms with Crippen LogP contribution < -0.4 is 0 Å². The number of hydrogen-bond donors (Lipinski definition) is 1. The number of aromatic nitrogens is 1. The van der Waals surface area contributed by atoms with Crippen molar-refractivity contribution in [2.24, 2.45) is 0 Å². The standard InChI is InChI=1S/C28H40N4O/c1-22-23(2)32(14-5-13-29(3)4)28-11-8-25(20-27(22)28)21-31-18-16-30(17-19-31)15-12-24-6-9-26(33)10-7-24/h6-11,20,33H,5,12-19,21H2,1-4H3. The number of aromatic hydroxyl groups is 1. The maximum atomic E-state index is 9.45. The molecule has 2 aromatic carbocycles. The van der Waals surface area contributed by atoms with Crippen LogP contribution in [0.4, 0.5) is 0 Å². The highest BCUT2D eigenvalue weighted by molar-refractivity contribution is 5.86. The molecule has 0 bridgehead atoms. The molecular weight excluding hydrogens is 408 g/mol. The van der Waals surface area contributed by atoms with E-state index in [1.807, 2.05) is 12.1 Å². The molecule has 178 valence electrons. The molecule has 1 aliphatic heterocycles. The average Bonchev–Trinajstić information content (AvgIpc) is 3.04. The lowest BCUT2D eigenvalue weighted by atomic mass is 10.1. The zero-order valence-electron chi connectivity index (χ0n) is 20.8. The van der Waals surface area contributed by atoms with Crippen LogP contribution in [0.15, 0.2) is 42.5 Å².